The van der Waals surface area contributed by atoms with Crippen molar-refractivity contribution in [1.29, 1.82) is 0 Å². The van der Waals surface area contributed by atoms with Crippen LogP contribution in [-0.2, 0) is 9.59 Å². The van der Waals surface area contributed by atoms with E-state index in [-0.39, 0.29) is 17.3 Å². The molecule has 1 N–H and O–H groups in total. The lowest BCUT2D eigenvalue weighted by atomic mass is 9.68. The van der Waals surface area contributed by atoms with E-state index in [1.165, 1.54) is 6.07 Å². The Morgan fingerprint density at radius 3 is 2.61 bits per heavy atom. The fraction of sp³-hybridized carbons (Fsp3) is 0.467. The van der Waals surface area contributed by atoms with Crippen molar-refractivity contribution in [2.45, 2.75) is 39.5 Å². The van der Waals surface area contributed by atoms with Crippen LogP contribution in [0.2, 0.25) is 0 Å². The highest BCUT2D eigenvalue weighted by Crippen LogP contribution is 2.39. The number of hydrogen-bond donors (Lipinski definition) is 1. The first kappa shape index (κ1) is 12.8. The van der Waals surface area contributed by atoms with Gasteiger partial charge in [0.15, 0.2) is 5.78 Å². The van der Waals surface area contributed by atoms with E-state index in [0.717, 1.165) is 5.56 Å². The summed E-state index contributed by atoms with van der Waals surface area (Å²) in [5.41, 5.74) is 1.06. The van der Waals surface area contributed by atoms with Crippen molar-refractivity contribution in [1.82, 2.24) is 0 Å². The predicted octanol–water partition coefficient (Wildman–Crippen LogP) is 2.74. The van der Waals surface area contributed by atoms with Gasteiger partial charge in [-0.2, -0.15) is 0 Å². The van der Waals surface area contributed by atoms with Crippen LogP contribution in [0.1, 0.15) is 43.7 Å². The third-order valence-corrected chi connectivity index (χ3v) is 3.82. The molecule has 1 aliphatic rings. The van der Waals surface area contributed by atoms with Crippen molar-refractivity contribution in [3.8, 4) is 5.75 Å². The number of carbonyl (C=O) groups excluding carboxylic acids is 2. The molecule has 1 aromatic rings. The fourth-order valence-corrected chi connectivity index (χ4v) is 2.49. The van der Waals surface area contributed by atoms with E-state index in [0.29, 0.717) is 18.4 Å². The van der Waals surface area contributed by atoms with Crippen molar-refractivity contribution in [3.05, 3.63) is 29.3 Å². The molecule has 1 aliphatic carbocycles. The number of phenols is 1. The van der Waals surface area contributed by atoms with Gasteiger partial charge in [-0.25, -0.2) is 0 Å². The first-order valence-corrected chi connectivity index (χ1v) is 6.19. The molecule has 18 heavy (non-hydrogen) atoms. The molecule has 96 valence electrons. The van der Waals surface area contributed by atoms with Gasteiger partial charge in [0.1, 0.15) is 17.5 Å². The Bertz CT molecular complexity index is 514. The van der Waals surface area contributed by atoms with Gasteiger partial charge in [-0.05, 0) is 36.6 Å². The lowest BCUT2D eigenvalue weighted by Crippen LogP contribution is -2.39. The zero-order valence-electron chi connectivity index (χ0n) is 11.0. The van der Waals surface area contributed by atoms with Gasteiger partial charge in [0.25, 0.3) is 0 Å². The molecule has 0 saturated heterocycles. The normalized spacial score (nSPS) is 23.2. The number of aromatic hydroxyl groups is 1. The Labute approximate surface area is 107 Å². The molecule has 0 bridgehead atoms. The maximum Gasteiger partial charge on any atom is 0.153 e. The second-order valence-corrected chi connectivity index (χ2v) is 5.69. The summed E-state index contributed by atoms with van der Waals surface area (Å²) in [5, 5.41) is 9.55. The molecule has 0 heterocycles. The Morgan fingerprint density at radius 1 is 1.28 bits per heavy atom. The molecule has 0 radical (unpaired) electrons. The molecule has 0 aromatic heterocycles. The summed E-state index contributed by atoms with van der Waals surface area (Å²) in [4.78, 5) is 24.5. The van der Waals surface area contributed by atoms with Gasteiger partial charge in [0.2, 0.25) is 0 Å². The third kappa shape index (κ3) is 2.05. The quantitative estimate of drug-likeness (QED) is 0.775. The SMILES string of the molecule is Cc1ccc(O)cc1C1C(=O)CCC(C)(C)C1=O. The lowest BCUT2D eigenvalue weighted by molar-refractivity contribution is -0.139. The van der Waals surface area contributed by atoms with E-state index < -0.39 is 11.3 Å². The lowest BCUT2D eigenvalue weighted by Gasteiger charge is -2.33. The van der Waals surface area contributed by atoms with E-state index in [9.17, 15) is 14.7 Å². The molecule has 3 nitrogen and oxygen atoms in total. The smallest absolute Gasteiger partial charge is 0.153 e. The Morgan fingerprint density at radius 2 is 1.94 bits per heavy atom. The van der Waals surface area contributed by atoms with E-state index in [1.54, 1.807) is 12.1 Å². The van der Waals surface area contributed by atoms with E-state index >= 15 is 0 Å². The number of ketones is 2. The van der Waals surface area contributed by atoms with Gasteiger partial charge in [0, 0.05) is 11.8 Å². The molecule has 0 spiro atoms. The van der Waals surface area contributed by atoms with E-state index in [2.05, 4.69) is 0 Å². The van der Waals surface area contributed by atoms with E-state index in [4.69, 9.17) is 0 Å². The summed E-state index contributed by atoms with van der Waals surface area (Å²) >= 11 is 0. The first-order valence-electron chi connectivity index (χ1n) is 6.19. The average Bonchev–Trinajstić information content (AvgIpc) is 2.30. The minimum absolute atomic E-state index is 0.0342. The number of Topliss-reactive ketones (excluding diaryl/α,β-unsaturated/α-hetero) is 2. The van der Waals surface area contributed by atoms with E-state index in [1.807, 2.05) is 20.8 Å². The minimum Gasteiger partial charge on any atom is -0.508 e. The summed E-state index contributed by atoms with van der Waals surface area (Å²) in [6.45, 7) is 5.62. The number of hydrogen-bond acceptors (Lipinski definition) is 3. The van der Waals surface area contributed by atoms with Crippen LogP contribution in [0.3, 0.4) is 0 Å². The molecule has 1 aromatic carbocycles. The molecular formula is C15H18O3. The molecule has 1 unspecified atom stereocenters. The number of rotatable bonds is 1. The zero-order valence-corrected chi connectivity index (χ0v) is 11.0. The van der Waals surface area contributed by atoms with Crippen molar-refractivity contribution >= 4 is 11.6 Å². The molecule has 1 saturated carbocycles. The molecule has 1 atom stereocenters. The van der Waals surface area contributed by atoms with Gasteiger partial charge in [0.05, 0.1) is 0 Å². The van der Waals surface area contributed by atoms with Crippen LogP contribution in [0.5, 0.6) is 5.75 Å². The summed E-state index contributed by atoms with van der Waals surface area (Å²) < 4.78 is 0. The second kappa shape index (κ2) is 4.23. The fourth-order valence-electron chi connectivity index (χ4n) is 2.49. The molecular weight excluding hydrogens is 228 g/mol. The van der Waals surface area contributed by atoms with Crippen LogP contribution in [0.15, 0.2) is 18.2 Å². The standard InChI is InChI=1S/C15H18O3/c1-9-4-5-10(16)8-11(9)13-12(17)6-7-15(2,3)14(13)18/h4-5,8,13,16H,6-7H2,1-3H3. The van der Waals surface area contributed by atoms with Gasteiger partial charge in [-0.1, -0.05) is 19.9 Å². The van der Waals surface area contributed by atoms with Gasteiger partial charge >= 0.3 is 0 Å². The summed E-state index contributed by atoms with van der Waals surface area (Å²) in [7, 11) is 0. The van der Waals surface area contributed by atoms with Crippen molar-refractivity contribution in [3.63, 3.8) is 0 Å². The Balaban J connectivity index is 2.50. The maximum absolute atomic E-state index is 12.4. The second-order valence-electron chi connectivity index (χ2n) is 5.69. The van der Waals surface area contributed by atoms with Crippen LogP contribution in [0.25, 0.3) is 0 Å². The van der Waals surface area contributed by atoms with Crippen molar-refractivity contribution in [2.24, 2.45) is 5.41 Å². The summed E-state index contributed by atoms with van der Waals surface area (Å²) in [6.07, 6.45) is 1.04. The molecule has 1 fully saturated rings. The Kier molecular flexibility index (Phi) is 3.01. The Hall–Kier alpha value is -1.64. The zero-order chi connectivity index (χ0) is 13.5. The van der Waals surface area contributed by atoms with Crippen molar-refractivity contribution < 1.29 is 14.7 Å². The van der Waals surface area contributed by atoms with Gasteiger partial charge in [-0.15, -0.1) is 0 Å². The highest BCUT2D eigenvalue weighted by Gasteiger charge is 2.43. The maximum atomic E-state index is 12.4. The monoisotopic (exact) mass is 246 g/mol. The largest absolute Gasteiger partial charge is 0.508 e. The topological polar surface area (TPSA) is 54.4 Å². The number of benzene rings is 1. The van der Waals surface area contributed by atoms with Gasteiger partial charge < -0.3 is 5.11 Å². The highest BCUT2D eigenvalue weighted by molar-refractivity contribution is 6.11. The number of carbonyl (C=O) groups is 2. The van der Waals surface area contributed by atoms with Crippen LogP contribution < -0.4 is 0 Å². The van der Waals surface area contributed by atoms with Crippen LogP contribution in [0, 0.1) is 12.3 Å². The summed E-state index contributed by atoms with van der Waals surface area (Å²) in [5.74, 6) is -0.680. The predicted molar refractivity (Wildman–Crippen MR) is 68.6 cm³/mol. The minimum atomic E-state index is -0.708. The van der Waals surface area contributed by atoms with Crippen LogP contribution >= 0.6 is 0 Å². The molecule has 0 aliphatic heterocycles. The van der Waals surface area contributed by atoms with Crippen molar-refractivity contribution in [2.75, 3.05) is 0 Å². The molecule has 0 amide bonds. The molecule has 2 rings (SSSR count). The number of phenolic OH excluding ortho intramolecular Hbond substituents is 1. The average molecular weight is 246 g/mol. The first-order chi connectivity index (χ1) is 8.33. The summed E-state index contributed by atoms with van der Waals surface area (Å²) in [6, 6.07) is 4.85. The number of aryl methyl sites for hydroxylation is 1. The van der Waals surface area contributed by atoms with Crippen LogP contribution in [-0.4, -0.2) is 16.7 Å². The third-order valence-electron chi connectivity index (χ3n) is 3.82. The van der Waals surface area contributed by atoms with Crippen LogP contribution in [0.4, 0.5) is 0 Å². The molecule has 3 heteroatoms. The highest BCUT2D eigenvalue weighted by atomic mass is 16.3. The van der Waals surface area contributed by atoms with Gasteiger partial charge in [-0.3, -0.25) is 9.59 Å².